The number of ether oxygens (including phenoxy) is 1. The molecule has 0 atom stereocenters. The van der Waals surface area contributed by atoms with Crippen molar-refractivity contribution in [3.63, 3.8) is 0 Å². The molecule has 0 amide bonds. The van der Waals surface area contributed by atoms with Crippen LogP contribution in [0.3, 0.4) is 0 Å². The molecule has 5 nitrogen and oxygen atoms in total. The van der Waals surface area contributed by atoms with Gasteiger partial charge in [0.05, 0.1) is 13.2 Å². The lowest BCUT2D eigenvalue weighted by atomic mass is 10.5. The van der Waals surface area contributed by atoms with Crippen molar-refractivity contribution in [2.45, 2.75) is 0 Å². The maximum atomic E-state index is 11.0. The molecule has 1 fully saturated rings. The Morgan fingerprint density at radius 3 is 2.10 bits per heavy atom. The second-order valence-corrected chi connectivity index (χ2v) is 4.15. The van der Waals surface area contributed by atoms with E-state index in [2.05, 4.69) is 0 Å². The van der Waals surface area contributed by atoms with E-state index in [1.807, 2.05) is 0 Å². The molecule has 0 aromatic rings. The van der Waals surface area contributed by atoms with Gasteiger partial charge in [-0.3, -0.25) is 15.6 Å². The molecule has 10 heavy (non-hydrogen) atoms. The average Bonchev–Trinajstić information content (AvgIpc) is 1.88. The van der Waals surface area contributed by atoms with Crippen molar-refractivity contribution >= 4 is 7.59 Å². The largest absolute Gasteiger partial charge is 0.379 e. The molecule has 0 radical (unpaired) electrons. The number of nitrogens with two attached hydrogens (primary N) is 2. The highest BCUT2D eigenvalue weighted by Crippen LogP contribution is 2.31. The van der Waals surface area contributed by atoms with E-state index in [1.165, 1.54) is 0 Å². The van der Waals surface area contributed by atoms with Gasteiger partial charge in [0.15, 0.2) is 0 Å². The Morgan fingerprint density at radius 2 is 1.80 bits per heavy atom. The molecule has 60 valence electrons. The highest BCUT2D eigenvalue weighted by Gasteiger charge is 2.22. The first kappa shape index (κ1) is 8.17. The Hall–Kier alpha value is 0.0700. The summed E-state index contributed by atoms with van der Waals surface area (Å²) in [5.41, 5.74) is 10.4. The third-order valence-corrected chi connectivity index (χ3v) is 2.71. The van der Waals surface area contributed by atoms with Crippen LogP contribution in [0.2, 0.25) is 0 Å². The zero-order chi connectivity index (χ0) is 7.61. The minimum absolute atomic E-state index is 0.568. The van der Waals surface area contributed by atoms with E-state index in [9.17, 15) is 4.57 Å². The van der Waals surface area contributed by atoms with Crippen LogP contribution in [0.5, 0.6) is 0 Å². The molecule has 6 heteroatoms. The summed E-state index contributed by atoms with van der Waals surface area (Å²) in [6, 6.07) is 0. The summed E-state index contributed by atoms with van der Waals surface area (Å²) in [6.07, 6.45) is 0. The lowest BCUT2D eigenvalue weighted by Gasteiger charge is -2.28. The molecule has 0 aromatic heterocycles. The fourth-order valence-corrected chi connectivity index (χ4v) is 1.65. The molecule has 0 spiro atoms. The number of rotatable bonds is 1. The van der Waals surface area contributed by atoms with Crippen molar-refractivity contribution in [2.24, 2.45) is 11.0 Å². The highest BCUT2D eigenvalue weighted by molar-refractivity contribution is 7.56. The van der Waals surface area contributed by atoms with Gasteiger partial charge in [-0.15, -0.1) is 0 Å². The fraction of sp³-hybridized carbons (Fsp3) is 1.00. The van der Waals surface area contributed by atoms with Gasteiger partial charge in [-0.1, -0.05) is 0 Å². The third-order valence-electron chi connectivity index (χ3n) is 1.43. The normalized spacial score (nSPS) is 23.0. The SMILES string of the molecule is NP(N)(=O)N1CCOCC1. The fourth-order valence-electron chi connectivity index (χ4n) is 0.866. The molecular weight excluding hydrogens is 153 g/mol. The Balaban J connectivity index is 2.47. The average molecular weight is 165 g/mol. The molecule has 0 bridgehead atoms. The second kappa shape index (κ2) is 2.98. The zero-order valence-corrected chi connectivity index (χ0v) is 6.59. The Morgan fingerprint density at radius 1 is 1.30 bits per heavy atom. The molecule has 1 aliphatic rings. The summed E-state index contributed by atoms with van der Waals surface area (Å²) in [5.74, 6) is 0. The van der Waals surface area contributed by atoms with Crippen LogP contribution < -0.4 is 11.0 Å². The van der Waals surface area contributed by atoms with E-state index in [4.69, 9.17) is 15.7 Å². The lowest BCUT2D eigenvalue weighted by Crippen LogP contribution is -2.38. The van der Waals surface area contributed by atoms with Crippen molar-refractivity contribution in [1.82, 2.24) is 4.67 Å². The Kier molecular flexibility index (Phi) is 2.44. The quantitative estimate of drug-likeness (QED) is 0.504. The maximum absolute atomic E-state index is 11.0. The molecule has 0 saturated carbocycles. The van der Waals surface area contributed by atoms with Crippen LogP contribution in [-0.4, -0.2) is 31.0 Å². The molecule has 1 aliphatic heterocycles. The van der Waals surface area contributed by atoms with Gasteiger partial charge in [0.25, 0.3) is 7.59 Å². The van der Waals surface area contributed by atoms with E-state index in [0.29, 0.717) is 26.3 Å². The van der Waals surface area contributed by atoms with Crippen molar-refractivity contribution in [3.8, 4) is 0 Å². The van der Waals surface area contributed by atoms with Crippen molar-refractivity contribution in [1.29, 1.82) is 0 Å². The van der Waals surface area contributed by atoms with Gasteiger partial charge >= 0.3 is 0 Å². The van der Waals surface area contributed by atoms with Gasteiger partial charge in [0, 0.05) is 13.1 Å². The summed E-state index contributed by atoms with van der Waals surface area (Å²) in [7, 11) is -2.99. The van der Waals surface area contributed by atoms with Crippen LogP contribution in [0.1, 0.15) is 0 Å². The van der Waals surface area contributed by atoms with E-state index in [0.717, 1.165) is 0 Å². The predicted molar refractivity (Wildman–Crippen MR) is 38.4 cm³/mol. The number of hydrogen-bond acceptors (Lipinski definition) is 2. The van der Waals surface area contributed by atoms with Gasteiger partial charge in [0.2, 0.25) is 0 Å². The Labute approximate surface area is 59.8 Å². The minimum Gasteiger partial charge on any atom is -0.379 e. The standard InChI is InChI=1S/C4H12N3O2P/c5-10(6,8)7-1-3-9-4-2-7/h1-4H2,(H4,5,6,8). The first-order valence-electron chi connectivity index (χ1n) is 3.11. The van der Waals surface area contributed by atoms with Crippen molar-refractivity contribution < 1.29 is 9.30 Å². The van der Waals surface area contributed by atoms with Crippen molar-refractivity contribution in [3.05, 3.63) is 0 Å². The molecule has 1 heterocycles. The van der Waals surface area contributed by atoms with Crippen LogP contribution >= 0.6 is 7.59 Å². The molecule has 1 rings (SSSR count). The van der Waals surface area contributed by atoms with Crippen LogP contribution in [0.25, 0.3) is 0 Å². The van der Waals surface area contributed by atoms with E-state index < -0.39 is 7.59 Å². The molecule has 0 aliphatic carbocycles. The third kappa shape index (κ3) is 2.04. The van der Waals surface area contributed by atoms with Crippen LogP contribution in [0, 0.1) is 0 Å². The topological polar surface area (TPSA) is 81.6 Å². The summed E-state index contributed by atoms with van der Waals surface area (Å²) >= 11 is 0. The number of nitrogens with zero attached hydrogens (tertiary/aromatic N) is 1. The van der Waals surface area contributed by atoms with Gasteiger partial charge < -0.3 is 4.74 Å². The van der Waals surface area contributed by atoms with Crippen LogP contribution in [-0.2, 0) is 9.30 Å². The monoisotopic (exact) mass is 165 g/mol. The summed E-state index contributed by atoms with van der Waals surface area (Å²) in [4.78, 5) is 0. The van der Waals surface area contributed by atoms with Gasteiger partial charge in [-0.05, 0) is 0 Å². The maximum Gasteiger partial charge on any atom is 0.276 e. The zero-order valence-electron chi connectivity index (χ0n) is 5.69. The van der Waals surface area contributed by atoms with Crippen LogP contribution in [0.4, 0.5) is 0 Å². The lowest BCUT2D eigenvalue weighted by molar-refractivity contribution is 0.0719. The van der Waals surface area contributed by atoms with E-state index in [-0.39, 0.29) is 0 Å². The predicted octanol–water partition coefficient (Wildman–Crippen LogP) is -0.656. The smallest absolute Gasteiger partial charge is 0.276 e. The Bertz CT molecular complexity index is 151. The van der Waals surface area contributed by atoms with Gasteiger partial charge in [0.1, 0.15) is 0 Å². The molecule has 0 aromatic carbocycles. The van der Waals surface area contributed by atoms with Gasteiger partial charge in [-0.25, -0.2) is 4.67 Å². The second-order valence-electron chi connectivity index (χ2n) is 2.24. The van der Waals surface area contributed by atoms with Crippen LogP contribution in [0.15, 0.2) is 0 Å². The van der Waals surface area contributed by atoms with Gasteiger partial charge in [-0.2, -0.15) is 0 Å². The molecular formula is C4H12N3O2P. The summed E-state index contributed by atoms with van der Waals surface area (Å²) < 4.78 is 17.6. The van der Waals surface area contributed by atoms with Crippen molar-refractivity contribution in [2.75, 3.05) is 26.3 Å². The number of morpholine rings is 1. The van der Waals surface area contributed by atoms with E-state index in [1.54, 1.807) is 4.67 Å². The number of hydrogen-bond donors (Lipinski definition) is 2. The molecule has 1 saturated heterocycles. The molecule has 0 unspecified atom stereocenters. The highest BCUT2D eigenvalue weighted by atomic mass is 31.2. The summed E-state index contributed by atoms with van der Waals surface area (Å²) in [6.45, 7) is 2.28. The summed E-state index contributed by atoms with van der Waals surface area (Å²) in [5, 5.41) is 0. The molecule has 4 N–H and O–H groups in total. The first-order valence-corrected chi connectivity index (χ1v) is 4.91. The van der Waals surface area contributed by atoms with E-state index >= 15 is 0 Å². The first-order chi connectivity index (χ1) is 4.61. The minimum atomic E-state index is -2.99.